The molecule has 1 amide bonds. The molecular formula is C21H24N2O3. The van der Waals surface area contributed by atoms with Gasteiger partial charge in [0.15, 0.2) is 0 Å². The number of piperidine rings is 1. The maximum atomic E-state index is 11.8. The van der Waals surface area contributed by atoms with E-state index in [-0.39, 0.29) is 5.91 Å². The SMILES string of the molecule is COc1ccc([C@H]2CCNC[C@@H]2COc2ccc3c(c2)C(=O)NC3)cc1. The average Bonchev–Trinajstić information content (AvgIpc) is 3.07. The van der Waals surface area contributed by atoms with Gasteiger partial charge in [-0.3, -0.25) is 4.79 Å². The van der Waals surface area contributed by atoms with Gasteiger partial charge in [0.05, 0.1) is 13.7 Å². The van der Waals surface area contributed by atoms with Gasteiger partial charge >= 0.3 is 0 Å². The molecule has 0 radical (unpaired) electrons. The smallest absolute Gasteiger partial charge is 0.252 e. The van der Waals surface area contributed by atoms with E-state index >= 15 is 0 Å². The van der Waals surface area contributed by atoms with Crippen LogP contribution in [0.1, 0.15) is 33.8 Å². The van der Waals surface area contributed by atoms with E-state index in [1.165, 1.54) is 5.56 Å². The zero-order valence-electron chi connectivity index (χ0n) is 15.0. The normalized spacial score (nSPS) is 21.8. The third-order valence-electron chi connectivity index (χ3n) is 5.38. The number of nitrogens with one attached hydrogen (secondary N) is 2. The number of fused-ring (bicyclic) bond motifs is 1. The molecule has 2 aromatic carbocycles. The Bertz CT molecular complexity index is 788. The number of methoxy groups -OCH3 is 1. The molecule has 1 fully saturated rings. The standard InChI is InChI=1S/C21H24N2O3/c1-25-17-5-2-14(3-6-17)19-8-9-22-11-16(19)13-26-18-7-4-15-12-23-21(24)20(15)10-18/h2-7,10,16,19,22H,8-9,11-13H2,1H3,(H,23,24)/t16-,19-/m1/s1. The van der Waals surface area contributed by atoms with Gasteiger partial charge < -0.3 is 20.1 Å². The highest BCUT2D eigenvalue weighted by atomic mass is 16.5. The summed E-state index contributed by atoms with van der Waals surface area (Å²) in [5.41, 5.74) is 3.10. The van der Waals surface area contributed by atoms with Crippen LogP contribution in [0, 0.1) is 5.92 Å². The lowest BCUT2D eigenvalue weighted by atomic mass is 9.81. The molecule has 2 aromatic rings. The minimum atomic E-state index is -0.0131. The zero-order chi connectivity index (χ0) is 17.9. The van der Waals surface area contributed by atoms with Gasteiger partial charge in [0.1, 0.15) is 11.5 Å². The summed E-state index contributed by atoms with van der Waals surface area (Å²) in [7, 11) is 1.69. The molecule has 5 heteroatoms. The van der Waals surface area contributed by atoms with Crippen LogP contribution in [-0.2, 0) is 6.54 Å². The van der Waals surface area contributed by atoms with Crippen LogP contribution in [-0.4, -0.2) is 32.7 Å². The van der Waals surface area contributed by atoms with Gasteiger partial charge in [-0.25, -0.2) is 0 Å². The van der Waals surface area contributed by atoms with Crippen molar-refractivity contribution in [3.05, 3.63) is 59.2 Å². The van der Waals surface area contributed by atoms with E-state index in [4.69, 9.17) is 9.47 Å². The van der Waals surface area contributed by atoms with E-state index in [2.05, 4.69) is 22.8 Å². The molecule has 1 saturated heterocycles. The summed E-state index contributed by atoms with van der Waals surface area (Å²) in [4.78, 5) is 11.8. The fraction of sp³-hybridized carbons (Fsp3) is 0.381. The first kappa shape index (κ1) is 16.9. The Morgan fingerprint density at radius 2 is 1.92 bits per heavy atom. The highest BCUT2D eigenvalue weighted by Gasteiger charge is 2.27. The van der Waals surface area contributed by atoms with Crippen molar-refractivity contribution in [2.45, 2.75) is 18.9 Å². The van der Waals surface area contributed by atoms with Gasteiger partial charge in [-0.1, -0.05) is 18.2 Å². The molecule has 2 N–H and O–H groups in total. The Balaban J connectivity index is 1.45. The summed E-state index contributed by atoms with van der Waals surface area (Å²) in [6.07, 6.45) is 1.09. The van der Waals surface area contributed by atoms with Crippen LogP contribution in [0.15, 0.2) is 42.5 Å². The molecule has 2 aliphatic rings. The molecule has 2 heterocycles. The lowest BCUT2D eigenvalue weighted by Gasteiger charge is -2.32. The number of amides is 1. The third kappa shape index (κ3) is 3.40. The second kappa shape index (κ2) is 7.38. The number of rotatable bonds is 5. The molecule has 0 bridgehead atoms. The molecule has 2 atom stereocenters. The van der Waals surface area contributed by atoms with Crippen molar-refractivity contribution in [1.29, 1.82) is 0 Å². The summed E-state index contributed by atoms with van der Waals surface area (Å²) in [5, 5.41) is 6.31. The molecule has 0 saturated carbocycles. The minimum absolute atomic E-state index is 0.0131. The summed E-state index contributed by atoms with van der Waals surface area (Å²) < 4.78 is 11.3. The molecule has 5 nitrogen and oxygen atoms in total. The van der Waals surface area contributed by atoms with Gasteiger partial charge in [0.2, 0.25) is 0 Å². The number of carbonyl (C=O) groups excluding carboxylic acids is 1. The van der Waals surface area contributed by atoms with E-state index in [1.807, 2.05) is 30.3 Å². The van der Waals surface area contributed by atoms with E-state index in [0.29, 0.717) is 25.0 Å². The molecule has 4 rings (SSSR count). The highest BCUT2D eigenvalue weighted by Crippen LogP contribution is 2.32. The molecule has 2 aliphatic heterocycles. The third-order valence-corrected chi connectivity index (χ3v) is 5.38. The second-order valence-corrected chi connectivity index (χ2v) is 6.95. The van der Waals surface area contributed by atoms with Crippen LogP contribution in [0.25, 0.3) is 0 Å². The monoisotopic (exact) mass is 352 g/mol. The van der Waals surface area contributed by atoms with Crippen LogP contribution in [0.5, 0.6) is 11.5 Å². The van der Waals surface area contributed by atoms with Gasteiger partial charge in [-0.2, -0.15) is 0 Å². The Labute approximate surface area is 153 Å². The van der Waals surface area contributed by atoms with Crippen LogP contribution < -0.4 is 20.1 Å². The lowest BCUT2D eigenvalue weighted by Crippen LogP contribution is -2.38. The van der Waals surface area contributed by atoms with Gasteiger partial charge in [0.25, 0.3) is 5.91 Å². The predicted molar refractivity (Wildman–Crippen MR) is 99.8 cm³/mol. The quantitative estimate of drug-likeness (QED) is 0.869. The molecule has 0 unspecified atom stereocenters. The fourth-order valence-electron chi connectivity index (χ4n) is 3.87. The Kier molecular flexibility index (Phi) is 4.80. The summed E-state index contributed by atoms with van der Waals surface area (Å²) >= 11 is 0. The van der Waals surface area contributed by atoms with Crippen molar-refractivity contribution in [3.63, 3.8) is 0 Å². The topological polar surface area (TPSA) is 59.6 Å². The number of benzene rings is 2. The molecule has 0 aromatic heterocycles. The molecule has 26 heavy (non-hydrogen) atoms. The maximum absolute atomic E-state index is 11.8. The molecule has 136 valence electrons. The Hall–Kier alpha value is -2.53. The van der Waals surface area contributed by atoms with E-state index in [1.54, 1.807) is 7.11 Å². The minimum Gasteiger partial charge on any atom is -0.497 e. The van der Waals surface area contributed by atoms with Crippen LogP contribution in [0.4, 0.5) is 0 Å². The number of carbonyl (C=O) groups is 1. The number of hydrogen-bond acceptors (Lipinski definition) is 4. The van der Waals surface area contributed by atoms with Crippen LogP contribution >= 0.6 is 0 Å². The number of ether oxygens (including phenoxy) is 2. The predicted octanol–water partition coefficient (Wildman–Crippen LogP) is 2.71. The molecular weight excluding hydrogens is 328 g/mol. The van der Waals surface area contributed by atoms with Gasteiger partial charge in [-0.05, 0) is 54.3 Å². The van der Waals surface area contributed by atoms with Crippen molar-refractivity contribution in [2.24, 2.45) is 5.92 Å². The Morgan fingerprint density at radius 1 is 1.12 bits per heavy atom. The summed E-state index contributed by atoms with van der Waals surface area (Å²) in [6.45, 7) is 3.19. The van der Waals surface area contributed by atoms with Crippen molar-refractivity contribution >= 4 is 5.91 Å². The van der Waals surface area contributed by atoms with Crippen LogP contribution in [0.3, 0.4) is 0 Å². The summed E-state index contributed by atoms with van der Waals surface area (Å²) in [6, 6.07) is 14.1. The Morgan fingerprint density at radius 3 is 2.73 bits per heavy atom. The molecule has 0 spiro atoms. The first-order valence-electron chi connectivity index (χ1n) is 9.13. The van der Waals surface area contributed by atoms with Crippen LogP contribution in [0.2, 0.25) is 0 Å². The zero-order valence-corrected chi connectivity index (χ0v) is 15.0. The average molecular weight is 352 g/mol. The van der Waals surface area contributed by atoms with Crippen molar-refractivity contribution in [2.75, 3.05) is 26.8 Å². The first-order valence-corrected chi connectivity index (χ1v) is 9.13. The summed E-state index contributed by atoms with van der Waals surface area (Å²) in [5.74, 6) is 2.48. The fourth-order valence-corrected chi connectivity index (χ4v) is 3.87. The van der Waals surface area contributed by atoms with Crippen molar-refractivity contribution in [1.82, 2.24) is 10.6 Å². The van der Waals surface area contributed by atoms with Gasteiger partial charge in [0, 0.05) is 24.6 Å². The van der Waals surface area contributed by atoms with E-state index in [0.717, 1.165) is 42.1 Å². The van der Waals surface area contributed by atoms with Crippen molar-refractivity contribution < 1.29 is 14.3 Å². The first-order chi connectivity index (χ1) is 12.7. The maximum Gasteiger partial charge on any atom is 0.252 e. The lowest BCUT2D eigenvalue weighted by molar-refractivity contribution is 0.0965. The van der Waals surface area contributed by atoms with E-state index < -0.39 is 0 Å². The van der Waals surface area contributed by atoms with Gasteiger partial charge in [-0.15, -0.1) is 0 Å². The molecule has 0 aliphatic carbocycles. The number of hydrogen-bond donors (Lipinski definition) is 2. The largest absolute Gasteiger partial charge is 0.497 e. The van der Waals surface area contributed by atoms with E-state index in [9.17, 15) is 4.79 Å². The van der Waals surface area contributed by atoms with Crippen molar-refractivity contribution in [3.8, 4) is 11.5 Å². The highest BCUT2D eigenvalue weighted by molar-refractivity contribution is 5.98. The second-order valence-electron chi connectivity index (χ2n) is 6.95.